The van der Waals surface area contributed by atoms with Gasteiger partial charge in [0, 0.05) is 63.3 Å². The van der Waals surface area contributed by atoms with E-state index < -0.39 is 0 Å². The summed E-state index contributed by atoms with van der Waals surface area (Å²) >= 11 is 1.74. The maximum Gasteiger partial charge on any atom is 0.144 e. The fourth-order valence-electron chi connectivity index (χ4n) is 4.21. The largest absolute Gasteiger partial charge is 0.492 e. The molecule has 0 atom stereocenters. The van der Waals surface area contributed by atoms with Crippen molar-refractivity contribution in [3.63, 3.8) is 0 Å². The van der Waals surface area contributed by atoms with Crippen molar-refractivity contribution in [1.29, 1.82) is 0 Å². The molecule has 0 aliphatic carbocycles. The first-order valence-electron chi connectivity index (χ1n) is 12.1. The van der Waals surface area contributed by atoms with Gasteiger partial charge in [-0.15, -0.1) is 11.3 Å². The minimum Gasteiger partial charge on any atom is -0.492 e. The van der Waals surface area contributed by atoms with Gasteiger partial charge in [0.2, 0.25) is 0 Å². The number of hydrogen-bond acceptors (Lipinski definition) is 6. The third-order valence-corrected chi connectivity index (χ3v) is 7.10. The molecule has 2 heterocycles. The number of likely N-dealkylation sites (N-methyl/N-ethyl adjacent to an activating group) is 1. The van der Waals surface area contributed by atoms with Gasteiger partial charge in [0.1, 0.15) is 18.2 Å². The number of hydrogen-bond donors (Lipinski definition) is 1. The smallest absolute Gasteiger partial charge is 0.144 e. The summed E-state index contributed by atoms with van der Waals surface area (Å²) in [5.74, 6) is 1.96. The number of piperidine rings is 1. The SMILES string of the molecule is C=C(C)/N=C(/NC1CCN(Cc2c(OCCN(C)C)cccc2N(C)C)CC1)c1sccc1C. The maximum atomic E-state index is 6.21. The minimum absolute atomic E-state index is 0.413. The van der Waals surface area contributed by atoms with Gasteiger partial charge < -0.3 is 19.9 Å². The predicted octanol–water partition coefficient (Wildman–Crippen LogP) is 4.60. The van der Waals surface area contributed by atoms with E-state index in [1.807, 2.05) is 6.92 Å². The molecule has 1 aromatic carbocycles. The first-order valence-corrected chi connectivity index (χ1v) is 13.0. The predicted molar refractivity (Wildman–Crippen MR) is 147 cm³/mol. The van der Waals surface area contributed by atoms with E-state index in [1.165, 1.54) is 21.7 Å². The quantitative estimate of drug-likeness (QED) is 0.395. The van der Waals surface area contributed by atoms with Gasteiger partial charge in [0.05, 0.1) is 4.88 Å². The number of benzene rings is 1. The zero-order chi connectivity index (χ0) is 24.7. The molecule has 1 N–H and O–H groups in total. The Labute approximate surface area is 209 Å². The van der Waals surface area contributed by atoms with Gasteiger partial charge in [-0.3, -0.25) is 4.90 Å². The zero-order valence-corrected chi connectivity index (χ0v) is 22.5. The zero-order valence-electron chi connectivity index (χ0n) is 21.7. The van der Waals surface area contributed by atoms with Crippen molar-refractivity contribution in [3.05, 3.63) is 57.9 Å². The molecule has 1 aliphatic heterocycles. The summed E-state index contributed by atoms with van der Waals surface area (Å²) in [7, 11) is 8.36. The number of amidine groups is 1. The lowest BCUT2D eigenvalue weighted by atomic mass is 10.0. The second kappa shape index (κ2) is 12.4. The molecule has 186 valence electrons. The monoisotopic (exact) mass is 483 g/mol. The van der Waals surface area contributed by atoms with Crippen molar-refractivity contribution in [2.45, 2.75) is 39.3 Å². The lowest BCUT2D eigenvalue weighted by Crippen LogP contribution is -2.44. The molecular formula is C27H41N5OS. The Morgan fingerprint density at radius 2 is 1.94 bits per heavy atom. The summed E-state index contributed by atoms with van der Waals surface area (Å²) in [6.07, 6.45) is 2.17. The van der Waals surface area contributed by atoms with E-state index >= 15 is 0 Å². The minimum atomic E-state index is 0.413. The molecule has 0 saturated carbocycles. The van der Waals surface area contributed by atoms with E-state index in [4.69, 9.17) is 9.73 Å². The first kappa shape index (κ1) is 26.3. The standard InChI is InChI=1S/C27H41N5OS/c1-20(2)28-27(26-21(3)13-18-34-26)29-22-11-14-32(15-12-22)19-23-24(31(6)7)9-8-10-25(23)33-17-16-30(4)5/h8-10,13,18,22H,1,11-12,14-17,19H2,2-7H3,(H,28,29). The summed E-state index contributed by atoms with van der Waals surface area (Å²) in [4.78, 5) is 12.8. The van der Waals surface area contributed by atoms with E-state index in [1.54, 1.807) is 11.3 Å². The van der Waals surface area contributed by atoms with Gasteiger partial charge in [-0.2, -0.15) is 0 Å². The van der Waals surface area contributed by atoms with Crippen LogP contribution in [-0.4, -0.2) is 76.1 Å². The highest BCUT2D eigenvalue weighted by atomic mass is 32.1. The number of likely N-dealkylation sites (tertiary alicyclic amines) is 1. The van der Waals surface area contributed by atoms with Crippen molar-refractivity contribution >= 4 is 22.9 Å². The molecule has 1 aromatic heterocycles. The third kappa shape index (κ3) is 7.32. The Morgan fingerprint density at radius 3 is 2.53 bits per heavy atom. The molecule has 0 radical (unpaired) electrons. The molecule has 1 aliphatic rings. The third-order valence-electron chi connectivity index (χ3n) is 6.08. The molecule has 0 bridgehead atoms. The highest BCUT2D eigenvalue weighted by Gasteiger charge is 2.23. The fraction of sp³-hybridized carbons (Fsp3) is 0.519. The van der Waals surface area contributed by atoms with E-state index in [0.29, 0.717) is 12.6 Å². The van der Waals surface area contributed by atoms with Crippen LogP contribution in [0.1, 0.15) is 35.8 Å². The number of nitrogens with one attached hydrogen (secondary N) is 1. The van der Waals surface area contributed by atoms with Gasteiger partial charge in [-0.25, -0.2) is 4.99 Å². The van der Waals surface area contributed by atoms with E-state index in [0.717, 1.165) is 56.3 Å². The van der Waals surface area contributed by atoms with Crippen LogP contribution in [0.15, 0.2) is 46.9 Å². The van der Waals surface area contributed by atoms with Gasteiger partial charge in [0.25, 0.3) is 0 Å². The van der Waals surface area contributed by atoms with Crippen LogP contribution in [-0.2, 0) is 6.54 Å². The van der Waals surface area contributed by atoms with Gasteiger partial charge in [-0.1, -0.05) is 12.6 Å². The number of ether oxygens (including phenoxy) is 1. The summed E-state index contributed by atoms with van der Waals surface area (Å²) in [6.45, 7) is 12.7. The van der Waals surface area contributed by atoms with Gasteiger partial charge in [0.15, 0.2) is 0 Å². The molecule has 34 heavy (non-hydrogen) atoms. The second-order valence-electron chi connectivity index (χ2n) is 9.62. The summed E-state index contributed by atoms with van der Waals surface area (Å²) in [5, 5.41) is 5.86. The molecule has 7 heteroatoms. The number of thiophene rings is 1. The molecule has 0 unspecified atom stereocenters. The van der Waals surface area contributed by atoms with Crippen LogP contribution < -0.4 is 15.0 Å². The lowest BCUT2D eigenvalue weighted by Gasteiger charge is -2.34. The van der Waals surface area contributed by atoms with Gasteiger partial charge in [-0.05, 0) is 69.9 Å². The Bertz CT molecular complexity index is 973. The maximum absolute atomic E-state index is 6.21. The van der Waals surface area contributed by atoms with Crippen LogP contribution in [0.25, 0.3) is 0 Å². The van der Waals surface area contributed by atoms with Crippen molar-refractivity contribution < 1.29 is 4.74 Å². The number of nitrogens with zero attached hydrogens (tertiary/aromatic N) is 4. The topological polar surface area (TPSA) is 43.3 Å². The number of aryl methyl sites for hydroxylation is 1. The Morgan fingerprint density at radius 1 is 1.21 bits per heavy atom. The number of aliphatic imine (C=N–C) groups is 1. The summed E-state index contributed by atoms with van der Waals surface area (Å²) in [6, 6.07) is 8.95. The van der Waals surface area contributed by atoms with Crippen LogP contribution in [0.3, 0.4) is 0 Å². The molecule has 1 saturated heterocycles. The van der Waals surface area contributed by atoms with E-state index in [-0.39, 0.29) is 0 Å². The van der Waals surface area contributed by atoms with Crippen molar-refractivity contribution in [1.82, 2.24) is 15.1 Å². The van der Waals surface area contributed by atoms with Crippen molar-refractivity contribution in [2.24, 2.45) is 4.99 Å². The highest BCUT2D eigenvalue weighted by molar-refractivity contribution is 7.12. The van der Waals surface area contributed by atoms with Crippen LogP contribution in [0.4, 0.5) is 5.69 Å². The average molecular weight is 484 g/mol. The molecule has 6 nitrogen and oxygen atoms in total. The van der Waals surface area contributed by atoms with E-state index in [2.05, 4.69) is 91.4 Å². The summed E-state index contributed by atoms with van der Waals surface area (Å²) in [5.41, 5.74) is 4.59. The Kier molecular flexibility index (Phi) is 9.56. The average Bonchev–Trinajstić information content (AvgIpc) is 3.20. The second-order valence-corrected chi connectivity index (χ2v) is 10.5. The molecule has 2 aromatic rings. The normalized spacial score (nSPS) is 15.6. The lowest BCUT2D eigenvalue weighted by molar-refractivity contribution is 0.194. The van der Waals surface area contributed by atoms with Crippen LogP contribution in [0.2, 0.25) is 0 Å². The molecule has 0 amide bonds. The Hall–Kier alpha value is -2.35. The number of rotatable bonds is 10. The van der Waals surface area contributed by atoms with Crippen LogP contribution in [0, 0.1) is 6.92 Å². The molecule has 0 spiro atoms. The highest BCUT2D eigenvalue weighted by Crippen LogP contribution is 2.31. The summed E-state index contributed by atoms with van der Waals surface area (Å²) < 4.78 is 6.21. The van der Waals surface area contributed by atoms with Crippen LogP contribution in [0.5, 0.6) is 5.75 Å². The molecule has 1 fully saturated rings. The Balaban J connectivity index is 1.65. The number of anilines is 1. The first-order chi connectivity index (χ1) is 16.2. The fourth-order valence-corrected chi connectivity index (χ4v) is 5.09. The van der Waals surface area contributed by atoms with Crippen molar-refractivity contribution in [3.8, 4) is 5.75 Å². The molecular weight excluding hydrogens is 442 g/mol. The van der Waals surface area contributed by atoms with Gasteiger partial charge >= 0.3 is 0 Å². The van der Waals surface area contributed by atoms with Crippen molar-refractivity contribution in [2.75, 3.05) is 59.3 Å². The van der Waals surface area contributed by atoms with Crippen LogP contribution >= 0.6 is 11.3 Å². The molecule has 3 rings (SSSR count). The number of allylic oxidation sites excluding steroid dienone is 1. The van der Waals surface area contributed by atoms with E-state index in [9.17, 15) is 0 Å².